The molecule has 1 nitrogen and oxygen atoms in total. The Morgan fingerprint density at radius 2 is 1.88 bits per heavy atom. The average Bonchev–Trinajstić information content (AvgIpc) is 3.31. The molecule has 0 spiro atoms. The molecule has 0 amide bonds. The van der Waals surface area contributed by atoms with Crippen molar-refractivity contribution in [2.45, 2.75) is 65.7 Å². The van der Waals surface area contributed by atoms with E-state index in [0.717, 1.165) is 37.8 Å². The Morgan fingerprint density at radius 3 is 2.65 bits per heavy atom. The second kappa shape index (κ2) is 12.0. The highest BCUT2D eigenvalue weighted by Gasteiger charge is 2.48. The third-order valence-corrected chi connectivity index (χ3v) is 13.0. The van der Waals surface area contributed by atoms with Crippen LogP contribution in [0.4, 0.5) is 0 Å². The van der Waals surface area contributed by atoms with Crippen molar-refractivity contribution in [3.63, 3.8) is 0 Å². The zero-order valence-electron chi connectivity index (χ0n) is 29.5. The zero-order chi connectivity index (χ0) is 33.4. The predicted octanol–water partition coefficient (Wildman–Crippen LogP) is 12.0. The standard InChI is InChI=1S/C48H49N/c1-6-14-28(3)44-40-26-36-22-31(7-2)21-35-23-32-15-8-9-16-33(32)24-38(35)39(36)27-41(40)47(43-19-12-13-20-49-43)48-42-25-34-17-10-11-18-37(34)29(4)45(42)30(5)46(44)48/h7-10,12-13,15-17,19-20,23-26,28,31-33,39-41H,2,5-6,11,14,18,21-22,27H2,1,3-4H3/t28?,31-,32?,33?,39?,40?,41?/m1/s1. The molecule has 1 heteroatoms. The molecule has 7 aliphatic carbocycles. The fraction of sp³-hybridized carbons (Fsp3) is 0.354. The van der Waals surface area contributed by atoms with E-state index in [0.29, 0.717) is 41.4 Å². The van der Waals surface area contributed by atoms with E-state index < -0.39 is 0 Å². The highest BCUT2D eigenvalue weighted by atomic mass is 14.7. The number of aromatic nitrogens is 1. The molecule has 1 aromatic carbocycles. The molecule has 49 heavy (non-hydrogen) atoms. The van der Waals surface area contributed by atoms with E-state index in [2.05, 4.69) is 112 Å². The molecule has 1 saturated carbocycles. The van der Waals surface area contributed by atoms with E-state index in [9.17, 15) is 0 Å². The van der Waals surface area contributed by atoms with Crippen LogP contribution in [0.3, 0.4) is 0 Å². The summed E-state index contributed by atoms with van der Waals surface area (Å²) >= 11 is 0. The topological polar surface area (TPSA) is 12.9 Å². The van der Waals surface area contributed by atoms with Crippen LogP contribution in [-0.2, 0) is 6.42 Å². The minimum atomic E-state index is 0.342. The molecule has 0 bridgehead atoms. The Hall–Kier alpha value is -4.23. The molecular weight excluding hydrogens is 591 g/mol. The van der Waals surface area contributed by atoms with Gasteiger partial charge in [0.25, 0.3) is 0 Å². The lowest BCUT2D eigenvalue weighted by molar-refractivity contribution is 0.382. The quantitative estimate of drug-likeness (QED) is 0.297. The molecule has 1 heterocycles. The normalized spacial score (nSPS) is 29.7. The van der Waals surface area contributed by atoms with Crippen molar-refractivity contribution < 1.29 is 0 Å². The Balaban J connectivity index is 1.31. The van der Waals surface area contributed by atoms with E-state index in [1.54, 1.807) is 22.3 Å². The van der Waals surface area contributed by atoms with Gasteiger partial charge in [-0.15, -0.1) is 6.58 Å². The maximum atomic E-state index is 5.15. The molecule has 0 radical (unpaired) electrons. The highest BCUT2D eigenvalue weighted by Crippen LogP contribution is 2.63. The van der Waals surface area contributed by atoms with E-state index in [1.165, 1.54) is 63.0 Å². The van der Waals surface area contributed by atoms with Crippen molar-refractivity contribution in [1.82, 2.24) is 4.98 Å². The summed E-state index contributed by atoms with van der Waals surface area (Å²) in [6, 6.07) is 9.05. The van der Waals surface area contributed by atoms with E-state index in [1.807, 2.05) is 6.20 Å². The lowest BCUT2D eigenvalue weighted by Gasteiger charge is -2.45. The Kier molecular flexibility index (Phi) is 7.53. The molecular formula is C48H49N. The van der Waals surface area contributed by atoms with Gasteiger partial charge in [-0.1, -0.05) is 105 Å². The molecule has 9 rings (SSSR count). The monoisotopic (exact) mass is 639 g/mol. The van der Waals surface area contributed by atoms with Crippen LogP contribution in [0, 0.1) is 48.3 Å². The summed E-state index contributed by atoms with van der Waals surface area (Å²) in [4.78, 5) is 5.15. The number of benzene rings is 1. The van der Waals surface area contributed by atoms with Gasteiger partial charge in [-0.2, -0.15) is 0 Å². The van der Waals surface area contributed by atoms with Crippen LogP contribution in [0.15, 0.2) is 126 Å². The van der Waals surface area contributed by atoms with Crippen molar-refractivity contribution in [3.8, 4) is 0 Å². The van der Waals surface area contributed by atoms with Gasteiger partial charge in [-0.25, -0.2) is 0 Å². The average molecular weight is 640 g/mol. The van der Waals surface area contributed by atoms with Crippen molar-refractivity contribution in [2.24, 2.45) is 41.4 Å². The van der Waals surface area contributed by atoms with Crippen LogP contribution < -0.4 is 0 Å². The Bertz CT molecular complexity index is 2030. The third kappa shape index (κ3) is 4.75. The van der Waals surface area contributed by atoms with Gasteiger partial charge in [0.15, 0.2) is 0 Å². The third-order valence-electron chi connectivity index (χ3n) is 13.0. The molecule has 1 fully saturated rings. The van der Waals surface area contributed by atoms with Crippen molar-refractivity contribution in [2.75, 3.05) is 0 Å². The Morgan fingerprint density at radius 1 is 1.04 bits per heavy atom. The molecule has 7 aliphatic rings. The van der Waals surface area contributed by atoms with Gasteiger partial charge in [0.05, 0.1) is 5.69 Å². The molecule has 7 atom stereocenters. The molecule has 2 aromatic rings. The lowest BCUT2D eigenvalue weighted by Crippen LogP contribution is -2.33. The molecule has 0 N–H and O–H groups in total. The Labute approximate surface area is 293 Å². The summed E-state index contributed by atoms with van der Waals surface area (Å²) in [6.07, 6.45) is 34.2. The van der Waals surface area contributed by atoms with E-state index in [-0.39, 0.29) is 0 Å². The summed E-state index contributed by atoms with van der Waals surface area (Å²) in [6.45, 7) is 16.5. The zero-order valence-corrected chi connectivity index (χ0v) is 29.5. The van der Waals surface area contributed by atoms with Crippen molar-refractivity contribution in [3.05, 3.63) is 160 Å². The van der Waals surface area contributed by atoms with Crippen LogP contribution in [0.25, 0.3) is 22.8 Å². The predicted molar refractivity (Wildman–Crippen MR) is 207 cm³/mol. The number of hydrogen-bond acceptors (Lipinski definition) is 1. The maximum absolute atomic E-state index is 5.15. The number of hydrogen-bond donors (Lipinski definition) is 0. The summed E-state index contributed by atoms with van der Waals surface area (Å²) in [5.74, 6) is 2.96. The SMILES string of the molecule is C=C[C@@H]1CC2=CC3C=CC=CC3C=C2C2CC3C(c4ccccn4)=C4C(=C(C(C)CCC)C3C=C2C1)C(=C)c1c4cc2c(c1C)CCC=C2. The van der Waals surface area contributed by atoms with Crippen LogP contribution in [0.5, 0.6) is 0 Å². The minimum absolute atomic E-state index is 0.342. The fourth-order valence-corrected chi connectivity index (χ4v) is 10.9. The van der Waals surface area contributed by atoms with Crippen LogP contribution in [-0.4, -0.2) is 4.98 Å². The molecule has 246 valence electrons. The summed E-state index contributed by atoms with van der Waals surface area (Å²) in [5, 5.41) is 0. The van der Waals surface area contributed by atoms with Crippen LogP contribution in [0.2, 0.25) is 0 Å². The van der Waals surface area contributed by atoms with Gasteiger partial charge in [0.2, 0.25) is 0 Å². The van der Waals surface area contributed by atoms with Gasteiger partial charge >= 0.3 is 0 Å². The first-order valence-electron chi connectivity index (χ1n) is 19.0. The van der Waals surface area contributed by atoms with Crippen molar-refractivity contribution in [1.29, 1.82) is 0 Å². The molecule has 1 aromatic heterocycles. The smallest absolute Gasteiger partial charge is 0.0671 e. The maximum Gasteiger partial charge on any atom is 0.0671 e. The largest absolute Gasteiger partial charge is 0.257 e. The highest BCUT2D eigenvalue weighted by molar-refractivity contribution is 6.17. The van der Waals surface area contributed by atoms with Gasteiger partial charge in [-0.3, -0.25) is 4.98 Å². The number of allylic oxidation sites excluding steroid dienone is 17. The first-order chi connectivity index (χ1) is 24.0. The minimum Gasteiger partial charge on any atom is -0.257 e. The van der Waals surface area contributed by atoms with Crippen molar-refractivity contribution >= 4 is 22.8 Å². The second-order valence-electron chi connectivity index (χ2n) is 15.7. The van der Waals surface area contributed by atoms with Gasteiger partial charge in [-0.05, 0) is 143 Å². The second-order valence-corrected chi connectivity index (χ2v) is 15.7. The molecule has 0 saturated heterocycles. The molecule has 0 aliphatic heterocycles. The number of fused-ring (bicyclic) bond motifs is 9. The van der Waals surface area contributed by atoms with Gasteiger partial charge in [0, 0.05) is 29.9 Å². The van der Waals surface area contributed by atoms with E-state index in [4.69, 9.17) is 11.6 Å². The summed E-state index contributed by atoms with van der Waals surface area (Å²) < 4.78 is 0. The lowest BCUT2D eigenvalue weighted by atomic mass is 9.59. The first kappa shape index (κ1) is 30.8. The number of pyridine rings is 1. The summed E-state index contributed by atoms with van der Waals surface area (Å²) in [5.41, 5.74) is 20.3. The van der Waals surface area contributed by atoms with Gasteiger partial charge in [0.1, 0.15) is 0 Å². The number of rotatable bonds is 5. The summed E-state index contributed by atoms with van der Waals surface area (Å²) in [7, 11) is 0. The molecule has 6 unspecified atom stereocenters. The van der Waals surface area contributed by atoms with Crippen LogP contribution in [0.1, 0.15) is 85.9 Å². The number of nitrogens with zero attached hydrogens (tertiary/aromatic N) is 1. The first-order valence-corrected chi connectivity index (χ1v) is 19.0. The van der Waals surface area contributed by atoms with Crippen LogP contribution >= 0.6 is 0 Å². The van der Waals surface area contributed by atoms with Gasteiger partial charge < -0.3 is 0 Å². The van der Waals surface area contributed by atoms with E-state index >= 15 is 0 Å². The fourth-order valence-electron chi connectivity index (χ4n) is 10.9.